The van der Waals surface area contributed by atoms with Gasteiger partial charge >= 0.3 is 74.3 Å². The third-order valence-electron chi connectivity index (χ3n) is 15.0. The molecule has 0 radical (unpaired) electrons. The van der Waals surface area contributed by atoms with Crippen LogP contribution in [0.2, 0.25) is 0 Å². The van der Waals surface area contributed by atoms with E-state index >= 15 is 0 Å². The fraction of sp³-hybridized carbons (Fsp3) is 0.952. The highest BCUT2D eigenvalue weighted by Gasteiger charge is 2.70. The lowest BCUT2D eigenvalue weighted by Gasteiger charge is -2.57. The van der Waals surface area contributed by atoms with E-state index in [1.807, 2.05) is 0 Å². The molecule has 550 valence electrons. The number of hydrogen-bond acceptors (Lipinski definition) is 38. The molecular weight excluding hydrogens is 1430 g/mol. The molecule has 0 saturated carbocycles. The number of carbonyl (C=O) groups is 2. The highest BCUT2D eigenvalue weighted by atomic mass is 32.3. The van der Waals surface area contributed by atoms with E-state index in [0.717, 1.165) is 35.5 Å². The Morgan fingerprint density at radius 3 is 1.30 bits per heavy atom. The van der Waals surface area contributed by atoms with Gasteiger partial charge in [-0.1, -0.05) is 6.92 Å². The Hall–Kier alpha value is -2.56. The molecule has 25 atom stereocenters. The van der Waals surface area contributed by atoms with Crippen LogP contribution in [0.4, 0.5) is 0 Å². The third-order valence-corrected chi connectivity index (χ3v) is 17.7. The van der Waals surface area contributed by atoms with E-state index in [0.29, 0.717) is 0 Å². The molecule has 7 aliphatic rings. The van der Waals surface area contributed by atoms with Crippen molar-refractivity contribution in [2.75, 3.05) is 75.2 Å². The monoisotopic (exact) mass is 1500 g/mol. The molecule has 2 bridgehead atoms. The lowest BCUT2D eigenvalue weighted by atomic mass is 9.83. The average Bonchev–Trinajstić information content (AvgIpc) is 0.727. The van der Waals surface area contributed by atoms with Crippen molar-refractivity contribution >= 4 is 74.3 Å². The molecule has 0 aromatic heterocycles. The Morgan fingerprint density at radius 1 is 0.436 bits per heavy atom. The summed E-state index contributed by atoms with van der Waals surface area (Å²) in [5.41, 5.74) is 0.530. The molecule has 7 aliphatic heterocycles. The average molecular weight is 1500 g/mol. The molecule has 0 aromatic rings. The Kier molecular flexibility index (Phi) is 27.3. The van der Waals surface area contributed by atoms with Gasteiger partial charge in [-0.3, -0.25) is 27.3 Å². The highest BCUT2D eigenvalue weighted by molar-refractivity contribution is 7.82. The van der Waals surface area contributed by atoms with Crippen LogP contribution in [-0.4, -0.2) is 328 Å². The van der Waals surface area contributed by atoms with Crippen molar-refractivity contribution in [1.82, 2.24) is 0 Å². The van der Waals surface area contributed by atoms with Crippen LogP contribution < -0.4 is 5.73 Å². The molecule has 0 amide bonds. The molecular formula is C42H71NO45S6. The van der Waals surface area contributed by atoms with E-state index in [-0.39, 0.29) is 13.2 Å². The summed E-state index contributed by atoms with van der Waals surface area (Å²) in [6.07, 6.45) is -48.3. The topological polar surface area (TPSA) is 639 Å². The Balaban J connectivity index is 1.44. The minimum absolute atomic E-state index is 0.0690. The zero-order valence-corrected chi connectivity index (χ0v) is 54.8. The molecule has 52 heteroatoms. The largest absolute Gasteiger partial charge is 0.479 e. The fourth-order valence-electron chi connectivity index (χ4n) is 11.3. The highest BCUT2D eigenvalue weighted by Crippen LogP contribution is 2.47. The van der Waals surface area contributed by atoms with Gasteiger partial charge in [-0.15, -0.1) is 0 Å². The van der Waals surface area contributed by atoms with Crippen molar-refractivity contribution in [3.05, 3.63) is 0 Å². The Morgan fingerprint density at radius 2 is 0.862 bits per heavy atom. The summed E-state index contributed by atoms with van der Waals surface area (Å²) in [7, 11) is -29.5. The molecule has 1 unspecified atom stereocenters. The SMILES string of the molecule is CCO[C@@H]1[C@@H](N)[C@H](O[C@H]2[C@H](OC)[C@@H](OC)[C@H](O[C@H]3[C@H](OS(=O)(=O)O)[C@@H](OS(=O)(=O)O)[C@@H](O[C@H]4[C@H](OC)[C@H]5OC[C@]4(C(=O)O)OC5O[C@H]4[C@H](OC)[C@@H](OS(=O)(=O)O)[C@@H](OC)O[C@@H]4COS(=O)(=O)O)O[C@@H]3COS(=O)(=O)O)O[C@]2(CC)C(=O)O)O[C@H](COS(=O)(=O)O)[C@H]1OCC. The number of carboxylic acid groups (broad SMARTS) is 2. The Bertz CT molecular complexity index is 3260. The maximum Gasteiger partial charge on any atom is 0.397 e. The minimum Gasteiger partial charge on any atom is -0.479 e. The van der Waals surface area contributed by atoms with Crippen LogP contribution in [0.25, 0.3) is 0 Å². The Labute approximate surface area is 536 Å². The number of aliphatic carboxylic acids is 2. The first-order valence-electron chi connectivity index (χ1n) is 27.0. The van der Waals surface area contributed by atoms with Gasteiger partial charge in [-0.05, 0) is 20.3 Å². The summed E-state index contributed by atoms with van der Waals surface area (Å²) in [5, 5.41) is 22.2. The van der Waals surface area contributed by atoms with Crippen molar-refractivity contribution in [2.24, 2.45) is 5.73 Å². The van der Waals surface area contributed by atoms with Crippen LogP contribution >= 0.6 is 0 Å². The van der Waals surface area contributed by atoms with E-state index in [4.69, 9.17) is 98.8 Å². The molecule has 0 aromatic carbocycles. The van der Waals surface area contributed by atoms with Crippen molar-refractivity contribution in [1.29, 1.82) is 0 Å². The predicted molar refractivity (Wildman–Crippen MR) is 287 cm³/mol. The lowest BCUT2D eigenvalue weighted by molar-refractivity contribution is -0.429. The van der Waals surface area contributed by atoms with Gasteiger partial charge in [0.2, 0.25) is 5.60 Å². The molecule has 7 heterocycles. The van der Waals surface area contributed by atoms with Crippen LogP contribution in [0.5, 0.6) is 0 Å². The second-order valence-electron chi connectivity index (χ2n) is 20.5. The predicted octanol–water partition coefficient (Wildman–Crippen LogP) is -6.26. The first kappa shape index (κ1) is 80.4. The van der Waals surface area contributed by atoms with Crippen molar-refractivity contribution in [3.8, 4) is 0 Å². The summed E-state index contributed by atoms with van der Waals surface area (Å²) >= 11 is 0. The summed E-state index contributed by atoms with van der Waals surface area (Å²) in [5.74, 6) is -4.10. The number of nitrogens with two attached hydrogens (primary N) is 1. The van der Waals surface area contributed by atoms with Gasteiger partial charge in [0, 0.05) is 48.8 Å². The van der Waals surface area contributed by atoms with Crippen molar-refractivity contribution < 1.29 is 203 Å². The fourth-order valence-corrected chi connectivity index (χ4v) is 13.6. The standard InChI is InChI=1S/C42H71NO45S6/c1-9-41(39(44)45)32(82-34-19(43)23(72-11-3)20(71-10-2)16(77-34)12-74-89(48,49)50)26(67-5)28(69-7)37(84-41)81-22-18(14-76-91(54,55)56)79-36(31(88-94(63,64)65)25(22)86-92(57,58)59)83-33-27(68-6)29-38(85-42(33,15-73-29)40(46)47)80-21-17(13-75-90(51,52)53)78-35(70-8)30(24(21)66-4)87-93(60,61)62/h16-38H,9-15,43H2,1-8H3,(H,44,45)(H,46,47)(H,48,49,50)(H,51,52,53)(H,54,55,56)(H,57,58,59)(H,60,61,62)(H,63,64,65)/t16-,17-,18-,19-,20-,21-,22-,23-,24+,25+,26-,27-,28-,29-,30-,31-,32+,33+,34+,35+,36-,37-,38?,41+,42+/m1/s1. The zero-order chi connectivity index (χ0) is 70.6. The third kappa shape index (κ3) is 19.5. The van der Waals surface area contributed by atoms with Gasteiger partial charge in [-0.2, -0.15) is 50.5 Å². The minimum atomic E-state index is -6.15. The van der Waals surface area contributed by atoms with Crippen LogP contribution in [0.3, 0.4) is 0 Å². The number of methoxy groups -OCH3 is 5. The first-order chi connectivity index (χ1) is 43.5. The van der Waals surface area contributed by atoms with Crippen LogP contribution in [0, 0.1) is 0 Å². The lowest BCUT2D eigenvalue weighted by Crippen LogP contribution is -2.78. The quantitative estimate of drug-likeness (QED) is 0.0267. The number of carboxylic acids is 2. The van der Waals surface area contributed by atoms with E-state index in [9.17, 15) is 97.6 Å². The smallest absolute Gasteiger partial charge is 0.397 e. The van der Waals surface area contributed by atoms with E-state index in [1.54, 1.807) is 0 Å². The van der Waals surface area contributed by atoms with Crippen molar-refractivity contribution in [2.45, 2.75) is 180 Å². The summed E-state index contributed by atoms with van der Waals surface area (Å²) in [6.45, 7) is -1.05. The molecule has 0 spiro atoms. The zero-order valence-electron chi connectivity index (χ0n) is 49.9. The molecule has 10 N–H and O–H groups in total. The molecule has 94 heavy (non-hydrogen) atoms. The van der Waals surface area contributed by atoms with E-state index in [1.165, 1.54) is 20.8 Å². The number of fused-ring (bicyclic) bond motifs is 3. The number of rotatable bonds is 35. The maximum absolute atomic E-state index is 13.8. The van der Waals surface area contributed by atoms with Crippen LogP contribution in [0.15, 0.2) is 0 Å². The summed E-state index contributed by atoms with van der Waals surface area (Å²) in [4.78, 5) is 27.5. The number of hydrogen-bond donors (Lipinski definition) is 9. The van der Waals surface area contributed by atoms with Gasteiger partial charge in [0.15, 0.2) is 49.3 Å². The first-order valence-corrected chi connectivity index (χ1v) is 35.2. The second kappa shape index (κ2) is 32.0. The molecule has 7 fully saturated rings. The van der Waals surface area contributed by atoms with Gasteiger partial charge < -0.3 is 96.5 Å². The number of ether oxygens (including phenoxy) is 17. The normalized spacial score (nSPS) is 39.5. The molecule has 46 nitrogen and oxygen atoms in total. The molecule has 0 aliphatic carbocycles. The summed E-state index contributed by atoms with van der Waals surface area (Å²) in [6, 6.07) is -1.50. The van der Waals surface area contributed by atoms with E-state index < -0.39 is 260 Å². The molecule has 7 rings (SSSR count). The van der Waals surface area contributed by atoms with Crippen molar-refractivity contribution in [3.63, 3.8) is 0 Å². The van der Waals surface area contributed by atoms with Gasteiger partial charge in [0.1, 0.15) is 91.6 Å². The van der Waals surface area contributed by atoms with Gasteiger partial charge in [0.05, 0.1) is 32.5 Å². The van der Waals surface area contributed by atoms with E-state index in [2.05, 4.69) is 12.5 Å². The summed E-state index contributed by atoms with van der Waals surface area (Å²) < 4.78 is 333. The van der Waals surface area contributed by atoms with Crippen LogP contribution in [-0.2, 0) is 178 Å². The van der Waals surface area contributed by atoms with Gasteiger partial charge in [-0.25, -0.2) is 34.7 Å². The molecule has 7 saturated heterocycles. The second-order valence-corrected chi connectivity index (χ2v) is 26.9. The van der Waals surface area contributed by atoms with Crippen LogP contribution in [0.1, 0.15) is 27.2 Å². The van der Waals surface area contributed by atoms with Gasteiger partial charge in [0.25, 0.3) is 0 Å². The maximum atomic E-state index is 13.8.